The number of aromatic nitrogens is 1. The maximum Gasteiger partial charge on any atom is 0.264 e. The third-order valence-corrected chi connectivity index (χ3v) is 9.39. The van der Waals surface area contributed by atoms with Gasteiger partial charge in [0.1, 0.15) is 4.90 Å². The molecular formula is C30H32N2O6S2. The molecular weight excluding hydrogens is 548 g/mol. The molecule has 1 unspecified atom stereocenters. The Bertz CT molecular complexity index is 1540. The van der Waals surface area contributed by atoms with Crippen molar-refractivity contribution >= 4 is 38.4 Å². The van der Waals surface area contributed by atoms with Crippen LogP contribution in [-0.4, -0.2) is 47.8 Å². The standard InChI is InChI=1S/C30H32N2O6S2/c1-20-26(19-39-16-15-33)37-30(38-29(20)23-12-10-21(18-34)11-13-23)24-6-2-8-25(17-24)32-40(35,36)27-9-3-5-22-7-4-14-31-28(22)27/h2-14,17,20,26,29-30,32-34H,15-16,18-19H2,1H3/t20-,26+,29+,30?/m0/s1. The largest absolute Gasteiger partial charge is 0.396 e. The minimum absolute atomic E-state index is 0.0166. The van der Waals surface area contributed by atoms with Crippen molar-refractivity contribution in [3.05, 3.63) is 102 Å². The molecule has 10 heteroatoms. The molecule has 8 nitrogen and oxygen atoms in total. The molecule has 0 aliphatic carbocycles. The van der Waals surface area contributed by atoms with E-state index >= 15 is 0 Å². The maximum absolute atomic E-state index is 13.4. The van der Waals surface area contributed by atoms with Gasteiger partial charge in [-0.25, -0.2) is 8.42 Å². The number of para-hydroxylation sites is 1. The molecule has 5 rings (SSSR count). The van der Waals surface area contributed by atoms with E-state index in [2.05, 4.69) is 16.6 Å². The van der Waals surface area contributed by atoms with E-state index in [1.54, 1.807) is 48.3 Å². The summed E-state index contributed by atoms with van der Waals surface area (Å²) in [5.41, 5.74) is 3.25. The molecule has 1 aliphatic heterocycles. The van der Waals surface area contributed by atoms with E-state index < -0.39 is 16.3 Å². The van der Waals surface area contributed by atoms with Crippen LogP contribution < -0.4 is 4.72 Å². The summed E-state index contributed by atoms with van der Waals surface area (Å²) in [4.78, 5) is 4.38. The van der Waals surface area contributed by atoms with E-state index in [1.807, 2.05) is 42.5 Å². The lowest BCUT2D eigenvalue weighted by atomic mass is 9.91. The number of hydrogen-bond donors (Lipinski definition) is 3. The highest BCUT2D eigenvalue weighted by Gasteiger charge is 2.38. The molecule has 3 aromatic carbocycles. The molecule has 4 aromatic rings. The number of nitrogens with zero attached hydrogens (tertiary/aromatic N) is 1. The molecule has 1 fully saturated rings. The lowest BCUT2D eigenvalue weighted by molar-refractivity contribution is -0.268. The second-order valence-corrected chi connectivity index (χ2v) is 12.5. The van der Waals surface area contributed by atoms with Crippen molar-refractivity contribution in [3.8, 4) is 0 Å². The normalized spacial score (nSPS) is 21.4. The second kappa shape index (κ2) is 12.7. The zero-order valence-electron chi connectivity index (χ0n) is 22.0. The van der Waals surface area contributed by atoms with Crippen molar-refractivity contribution in [2.45, 2.75) is 36.9 Å². The second-order valence-electron chi connectivity index (χ2n) is 9.68. The summed E-state index contributed by atoms with van der Waals surface area (Å²) >= 11 is 1.61. The van der Waals surface area contributed by atoms with Crippen LogP contribution in [0.25, 0.3) is 10.9 Å². The number of ether oxygens (including phenoxy) is 2. The number of anilines is 1. The highest BCUT2D eigenvalue weighted by Crippen LogP contribution is 2.42. The number of nitrogens with one attached hydrogen (secondary N) is 1. The van der Waals surface area contributed by atoms with Gasteiger partial charge in [-0.3, -0.25) is 9.71 Å². The Morgan fingerprint density at radius 2 is 1.73 bits per heavy atom. The summed E-state index contributed by atoms with van der Waals surface area (Å²) in [6, 6.07) is 23.3. The van der Waals surface area contributed by atoms with Crippen molar-refractivity contribution in [2.75, 3.05) is 22.8 Å². The van der Waals surface area contributed by atoms with E-state index in [9.17, 15) is 18.6 Å². The molecule has 0 amide bonds. The third kappa shape index (κ3) is 6.33. The maximum atomic E-state index is 13.4. The Hall–Kier alpha value is -2.99. The zero-order chi connectivity index (χ0) is 28.1. The van der Waals surface area contributed by atoms with Gasteiger partial charge in [0.2, 0.25) is 0 Å². The molecule has 210 valence electrons. The summed E-state index contributed by atoms with van der Waals surface area (Å²) in [7, 11) is -3.92. The van der Waals surface area contributed by atoms with E-state index in [-0.39, 0.29) is 36.2 Å². The zero-order valence-corrected chi connectivity index (χ0v) is 23.6. The van der Waals surface area contributed by atoms with Gasteiger partial charge in [0, 0.05) is 40.3 Å². The average Bonchev–Trinajstić information content (AvgIpc) is 2.98. The number of fused-ring (bicyclic) bond motifs is 1. The van der Waals surface area contributed by atoms with Crippen LogP contribution in [0.4, 0.5) is 5.69 Å². The van der Waals surface area contributed by atoms with Gasteiger partial charge >= 0.3 is 0 Å². The number of rotatable bonds is 10. The molecule has 0 spiro atoms. The molecule has 4 atom stereocenters. The monoisotopic (exact) mass is 580 g/mol. The van der Waals surface area contributed by atoms with Gasteiger partial charge < -0.3 is 19.7 Å². The topological polar surface area (TPSA) is 118 Å². The molecule has 0 radical (unpaired) electrons. The number of benzene rings is 3. The van der Waals surface area contributed by atoms with Crippen molar-refractivity contribution in [2.24, 2.45) is 5.92 Å². The summed E-state index contributed by atoms with van der Waals surface area (Å²) in [6.45, 7) is 2.13. The van der Waals surface area contributed by atoms with Gasteiger partial charge in [0.25, 0.3) is 10.0 Å². The first-order valence-corrected chi connectivity index (χ1v) is 15.7. The van der Waals surface area contributed by atoms with Crippen LogP contribution in [0.2, 0.25) is 0 Å². The van der Waals surface area contributed by atoms with Gasteiger partial charge in [-0.05, 0) is 35.4 Å². The smallest absolute Gasteiger partial charge is 0.264 e. The first-order valence-electron chi connectivity index (χ1n) is 13.1. The van der Waals surface area contributed by atoms with Crippen molar-refractivity contribution < 1.29 is 28.1 Å². The fourth-order valence-electron chi connectivity index (χ4n) is 4.83. The van der Waals surface area contributed by atoms with Crippen LogP contribution in [0.3, 0.4) is 0 Å². The summed E-state index contributed by atoms with van der Waals surface area (Å²) < 4.78 is 42.3. The van der Waals surface area contributed by atoms with Crippen LogP contribution in [0.5, 0.6) is 0 Å². The highest BCUT2D eigenvalue weighted by molar-refractivity contribution is 7.99. The van der Waals surface area contributed by atoms with Crippen LogP contribution >= 0.6 is 11.8 Å². The Balaban J connectivity index is 1.42. The molecule has 1 saturated heterocycles. The quantitative estimate of drug-likeness (QED) is 0.223. The molecule has 0 bridgehead atoms. The van der Waals surface area contributed by atoms with Gasteiger partial charge in [-0.1, -0.05) is 61.5 Å². The predicted molar refractivity (Wildman–Crippen MR) is 156 cm³/mol. The Morgan fingerprint density at radius 3 is 2.50 bits per heavy atom. The van der Waals surface area contributed by atoms with E-state index in [4.69, 9.17) is 9.47 Å². The lowest BCUT2D eigenvalue weighted by Gasteiger charge is -2.41. The van der Waals surface area contributed by atoms with Crippen LogP contribution in [-0.2, 0) is 26.1 Å². The van der Waals surface area contributed by atoms with Crippen LogP contribution in [0.15, 0.2) is 90.0 Å². The SMILES string of the molecule is C[C@H]1[C@@H](CSCCO)OC(c2cccc(NS(=O)(=O)c3cccc4cccnc34)c2)O[C@H]1c1ccc(CO)cc1. The Labute approximate surface area is 238 Å². The molecule has 3 N–H and O–H groups in total. The van der Waals surface area contributed by atoms with Gasteiger partial charge in [-0.15, -0.1) is 0 Å². The molecule has 1 aromatic heterocycles. The molecule has 0 saturated carbocycles. The van der Waals surface area contributed by atoms with Gasteiger partial charge in [0.15, 0.2) is 6.29 Å². The molecule has 2 heterocycles. The number of thioether (sulfide) groups is 1. The number of sulfonamides is 1. The predicted octanol–water partition coefficient (Wildman–Crippen LogP) is 5.04. The lowest BCUT2D eigenvalue weighted by Crippen LogP contribution is -2.38. The van der Waals surface area contributed by atoms with E-state index in [0.29, 0.717) is 28.3 Å². The number of hydrogen-bond acceptors (Lipinski definition) is 8. The molecule has 1 aliphatic rings. The molecule has 40 heavy (non-hydrogen) atoms. The first-order chi connectivity index (χ1) is 19.4. The minimum atomic E-state index is -3.92. The average molecular weight is 581 g/mol. The third-order valence-electron chi connectivity index (χ3n) is 6.94. The highest BCUT2D eigenvalue weighted by atomic mass is 32.2. The van der Waals surface area contributed by atoms with Crippen molar-refractivity contribution in [3.63, 3.8) is 0 Å². The number of pyridine rings is 1. The van der Waals surface area contributed by atoms with Gasteiger partial charge in [0.05, 0.1) is 30.9 Å². The Kier molecular flexibility index (Phi) is 9.04. The summed E-state index contributed by atoms with van der Waals surface area (Å²) in [5.74, 6) is 1.30. The van der Waals surface area contributed by atoms with E-state index in [0.717, 1.165) is 16.5 Å². The van der Waals surface area contributed by atoms with Crippen LogP contribution in [0.1, 0.15) is 36.0 Å². The Morgan fingerprint density at radius 1 is 0.950 bits per heavy atom. The fourth-order valence-corrected chi connectivity index (χ4v) is 6.97. The summed E-state index contributed by atoms with van der Waals surface area (Å²) in [5, 5.41) is 19.5. The number of aliphatic hydroxyl groups is 2. The van der Waals surface area contributed by atoms with Gasteiger partial charge in [-0.2, -0.15) is 11.8 Å². The summed E-state index contributed by atoms with van der Waals surface area (Å²) in [6.07, 6.45) is 0.388. The fraction of sp³-hybridized carbons (Fsp3) is 0.300. The first kappa shape index (κ1) is 28.5. The minimum Gasteiger partial charge on any atom is -0.396 e. The number of aliphatic hydroxyl groups excluding tert-OH is 2. The van der Waals surface area contributed by atoms with Crippen LogP contribution in [0, 0.1) is 5.92 Å². The van der Waals surface area contributed by atoms with Crippen molar-refractivity contribution in [1.29, 1.82) is 0 Å². The van der Waals surface area contributed by atoms with Crippen molar-refractivity contribution in [1.82, 2.24) is 4.98 Å². The van der Waals surface area contributed by atoms with E-state index in [1.165, 1.54) is 6.07 Å².